The SMILES string of the molecule is CO/C(=C/[C]=O)C(F)(F)F. The summed E-state index contributed by atoms with van der Waals surface area (Å²) in [5, 5.41) is 0. The Labute approximate surface area is 55.3 Å². The van der Waals surface area contributed by atoms with Crippen LogP contribution in [0, 0.1) is 0 Å². The van der Waals surface area contributed by atoms with Crippen LogP contribution in [0.5, 0.6) is 0 Å². The number of halogens is 3. The number of hydrogen-bond donors (Lipinski definition) is 0. The number of allylic oxidation sites excluding steroid dienone is 2. The molecule has 0 fully saturated rings. The molecule has 0 atom stereocenters. The van der Waals surface area contributed by atoms with E-state index in [9.17, 15) is 18.0 Å². The standard InChI is InChI=1S/C5H4F3O2/c1-10-4(2-3-9)5(6,7)8/h2H,1H3/b4-2+. The van der Waals surface area contributed by atoms with Gasteiger partial charge in [-0.2, -0.15) is 13.2 Å². The molecule has 0 aliphatic carbocycles. The third kappa shape index (κ3) is 2.52. The molecule has 0 unspecified atom stereocenters. The van der Waals surface area contributed by atoms with Crippen molar-refractivity contribution in [3.05, 3.63) is 11.8 Å². The first-order valence-corrected chi connectivity index (χ1v) is 2.21. The van der Waals surface area contributed by atoms with E-state index in [2.05, 4.69) is 4.74 Å². The van der Waals surface area contributed by atoms with E-state index in [-0.39, 0.29) is 6.08 Å². The second-order valence-corrected chi connectivity index (χ2v) is 1.33. The topological polar surface area (TPSA) is 26.3 Å². The number of rotatable bonds is 2. The smallest absolute Gasteiger partial charge is 0.449 e. The highest BCUT2D eigenvalue weighted by molar-refractivity contribution is 5.66. The molecule has 0 saturated heterocycles. The molecule has 0 N–H and O–H groups in total. The summed E-state index contributed by atoms with van der Waals surface area (Å²) in [5.74, 6) is -1.34. The number of ether oxygens (including phenoxy) is 1. The quantitative estimate of drug-likeness (QED) is 0.440. The van der Waals surface area contributed by atoms with E-state index in [4.69, 9.17) is 0 Å². The van der Waals surface area contributed by atoms with Crippen molar-refractivity contribution in [2.24, 2.45) is 0 Å². The van der Waals surface area contributed by atoms with E-state index in [1.165, 1.54) is 0 Å². The first-order chi connectivity index (χ1) is 4.52. The van der Waals surface area contributed by atoms with Crippen LogP contribution in [0.1, 0.15) is 0 Å². The molecule has 0 aromatic carbocycles. The Morgan fingerprint density at radius 3 is 2.20 bits per heavy atom. The Morgan fingerprint density at radius 1 is 1.60 bits per heavy atom. The highest BCUT2D eigenvalue weighted by atomic mass is 19.4. The van der Waals surface area contributed by atoms with E-state index < -0.39 is 11.9 Å². The Morgan fingerprint density at radius 2 is 2.10 bits per heavy atom. The van der Waals surface area contributed by atoms with Crippen molar-refractivity contribution in [3.63, 3.8) is 0 Å². The summed E-state index contributed by atoms with van der Waals surface area (Å²) >= 11 is 0. The minimum atomic E-state index is -4.61. The fourth-order valence-corrected chi connectivity index (χ4v) is 0.310. The molecule has 57 valence electrons. The van der Waals surface area contributed by atoms with E-state index in [1.807, 2.05) is 0 Å². The maximum atomic E-state index is 11.5. The summed E-state index contributed by atoms with van der Waals surface area (Å²) < 4.78 is 38.4. The van der Waals surface area contributed by atoms with Gasteiger partial charge in [-0.15, -0.1) is 0 Å². The van der Waals surface area contributed by atoms with Crippen LogP contribution in [-0.2, 0) is 9.53 Å². The van der Waals surface area contributed by atoms with Crippen LogP contribution in [0.15, 0.2) is 11.8 Å². The van der Waals surface area contributed by atoms with Crippen molar-refractivity contribution >= 4 is 6.29 Å². The first kappa shape index (κ1) is 9.00. The molecule has 0 aromatic rings. The molecule has 0 bridgehead atoms. The van der Waals surface area contributed by atoms with Crippen LogP contribution in [-0.4, -0.2) is 19.6 Å². The molecule has 1 radical (unpaired) electrons. The molecule has 0 rings (SSSR count). The lowest BCUT2D eigenvalue weighted by Gasteiger charge is -2.07. The number of methoxy groups -OCH3 is 1. The molecule has 2 nitrogen and oxygen atoms in total. The minimum Gasteiger partial charge on any atom is -0.492 e. The summed E-state index contributed by atoms with van der Waals surface area (Å²) in [5.41, 5.74) is 0. The third-order valence-electron chi connectivity index (χ3n) is 0.689. The van der Waals surface area contributed by atoms with Crippen molar-refractivity contribution in [3.8, 4) is 0 Å². The van der Waals surface area contributed by atoms with Gasteiger partial charge in [0, 0.05) is 6.08 Å². The highest BCUT2D eigenvalue weighted by Gasteiger charge is 2.34. The fraction of sp³-hybridized carbons (Fsp3) is 0.400. The molecule has 0 aliphatic heterocycles. The lowest BCUT2D eigenvalue weighted by atomic mass is 10.4. The summed E-state index contributed by atoms with van der Waals surface area (Å²) in [6.45, 7) is 0. The molecule has 0 spiro atoms. The van der Waals surface area contributed by atoms with Crippen molar-refractivity contribution in [1.29, 1.82) is 0 Å². The Bertz CT molecular complexity index is 147. The van der Waals surface area contributed by atoms with Gasteiger partial charge in [0.05, 0.1) is 7.11 Å². The average molecular weight is 153 g/mol. The van der Waals surface area contributed by atoms with Crippen LogP contribution in [0.4, 0.5) is 13.2 Å². The number of carbonyl (C=O) groups excluding carboxylic acids is 1. The van der Waals surface area contributed by atoms with Crippen LogP contribution >= 0.6 is 0 Å². The molecule has 0 aromatic heterocycles. The zero-order valence-corrected chi connectivity index (χ0v) is 5.03. The molecule has 10 heavy (non-hydrogen) atoms. The highest BCUT2D eigenvalue weighted by Crippen LogP contribution is 2.24. The van der Waals surface area contributed by atoms with Gasteiger partial charge in [-0.3, -0.25) is 4.79 Å². The maximum Gasteiger partial charge on any atom is 0.449 e. The first-order valence-electron chi connectivity index (χ1n) is 2.21. The lowest BCUT2D eigenvalue weighted by molar-refractivity contribution is -0.125. The molecule has 0 saturated carbocycles. The zero-order chi connectivity index (χ0) is 8.20. The Kier molecular flexibility index (Phi) is 2.92. The number of alkyl halides is 3. The van der Waals surface area contributed by atoms with E-state index in [0.717, 1.165) is 13.4 Å². The summed E-state index contributed by atoms with van der Waals surface area (Å²) in [6.07, 6.45) is -3.44. The number of hydrogen-bond acceptors (Lipinski definition) is 2. The van der Waals surface area contributed by atoms with Crippen LogP contribution in [0.3, 0.4) is 0 Å². The molecular weight excluding hydrogens is 149 g/mol. The molecular formula is C5H4F3O2. The van der Waals surface area contributed by atoms with Crippen molar-refractivity contribution in [1.82, 2.24) is 0 Å². The second kappa shape index (κ2) is 3.24. The van der Waals surface area contributed by atoms with Gasteiger partial charge >= 0.3 is 6.18 Å². The Hall–Kier alpha value is -1.00. The monoisotopic (exact) mass is 153 g/mol. The summed E-state index contributed by atoms with van der Waals surface area (Å²) in [6, 6.07) is 0. The predicted molar refractivity (Wildman–Crippen MR) is 26.8 cm³/mol. The van der Waals surface area contributed by atoms with Crippen molar-refractivity contribution < 1.29 is 22.7 Å². The lowest BCUT2D eigenvalue weighted by Crippen LogP contribution is -2.13. The van der Waals surface area contributed by atoms with Crippen LogP contribution < -0.4 is 0 Å². The van der Waals surface area contributed by atoms with Crippen LogP contribution in [0.2, 0.25) is 0 Å². The normalized spacial score (nSPS) is 13.0. The molecule has 5 heteroatoms. The van der Waals surface area contributed by atoms with Crippen molar-refractivity contribution in [2.45, 2.75) is 6.18 Å². The van der Waals surface area contributed by atoms with E-state index in [0.29, 0.717) is 0 Å². The van der Waals surface area contributed by atoms with Gasteiger partial charge in [-0.1, -0.05) is 0 Å². The molecule has 0 aliphatic rings. The van der Waals surface area contributed by atoms with Gasteiger partial charge < -0.3 is 4.74 Å². The zero-order valence-electron chi connectivity index (χ0n) is 5.03. The van der Waals surface area contributed by atoms with E-state index >= 15 is 0 Å². The third-order valence-corrected chi connectivity index (χ3v) is 0.689. The maximum absolute atomic E-state index is 11.5. The van der Waals surface area contributed by atoms with Gasteiger partial charge in [0.1, 0.15) is 0 Å². The van der Waals surface area contributed by atoms with Gasteiger partial charge in [0.25, 0.3) is 0 Å². The summed E-state index contributed by atoms with van der Waals surface area (Å²) in [7, 11) is 0.830. The largest absolute Gasteiger partial charge is 0.492 e. The average Bonchev–Trinajstić information content (AvgIpc) is 1.80. The van der Waals surface area contributed by atoms with Crippen LogP contribution in [0.25, 0.3) is 0 Å². The molecule has 0 amide bonds. The summed E-state index contributed by atoms with van der Waals surface area (Å²) in [4.78, 5) is 9.44. The molecule has 0 heterocycles. The minimum absolute atomic E-state index is 0.194. The van der Waals surface area contributed by atoms with E-state index in [1.54, 1.807) is 0 Å². The van der Waals surface area contributed by atoms with Gasteiger partial charge in [0.2, 0.25) is 12.0 Å². The van der Waals surface area contributed by atoms with Gasteiger partial charge in [-0.25, -0.2) is 0 Å². The van der Waals surface area contributed by atoms with Gasteiger partial charge in [0.15, 0.2) is 0 Å². The van der Waals surface area contributed by atoms with Crippen molar-refractivity contribution in [2.75, 3.05) is 7.11 Å². The Balaban J connectivity index is 4.35. The van der Waals surface area contributed by atoms with Gasteiger partial charge in [-0.05, 0) is 0 Å². The predicted octanol–water partition coefficient (Wildman–Crippen LogP) is 1.19. The fourth-order valence-electron chi connectivity index (χ4n) is 0.310. The second-order valence-electron chi connectivity index (χ2n) is 1.33.